The van der Waals surface area contributed by atoms with Crippen molar-refractivity contribution in [1.29, 1.82) is 0 Å². The molecule has 1 amide bonds. The van der Waals surface area contributed by atoms with Gasteiger partial charge in [-0.15, -0.1) is 0 Å². The van der Waals surface area contributed by atoms with E-state index in [-0.39, 0.29) is 17.9 Å². The zero-order chi connectivity index (χ0) is 11.5. The second kappa shape index (κ2) is 4.31. The SMILES string of the molecule is CC(C)(CO)NC(=O)c1ccccc1O. The molecule has 0 radical (unpaired) electrons. The van der Waals surface area contributed by atoms with Gasteiger partial charge in [-0.1, -0.05) is 12.1 Å². The number of phenols is 1. The first-order valence-electron chi connectivity index (χ1n) is 4.67. The van der Waals surface area contributed by atoms with Crippen LogP contribution in [0, 0.1) is 0 Å². The molecule has 1 rings (SSSR count). The molecule has 0 aliphatic carbocycles. The Kier molecular flexibility index (Phi) is 3.31. The van der Waals surface area contributed by atoms with Gasteiger partial charge < -0.3 is 15.5 Å². The number of para-hydroxylation sites is 1. The molecule has 0 fully saturated rings. The molecule has 0 bridgehead atoms. The first kappa shape index (κ1) is 11.5. The minimum Gasteiger partial charge on any atom is -0.507 e. The molecule has 0 aromatic heterocycles. The zero-order valence-corrected chi connectivity index (χ0v) is 8.82. The van der Waals surface area contributed by atoms with Crippen LogP contribution in [0.2, 0.25) is 0 Å². The summed E-state index contributed by atoms with van der Waals surface area (Å²) >= 11 is 0. The van der Waals surface area contributed by atoms with Gasteiger partial charge in [0.15, 0.2) is 0 Å². The van der Waals surface area contributed by atoms with Crippen molar-refractivity contribution in [1.82, 2.24) is 5.32 Å². The predicted octanol–water partition coefficient (Wildman–Crippen LogP) is 0.893. The van der Waals surface area contributed by atoms with E-state index >= 15 is 0 Å². The number of aromatic hydroxyl groups is 1. The second-order valence-corrected chi connectivity index (χ2v) is 4.01. The average Bonchev–Trinajstić information content (AvgIpc) is 2.17. The summed E-state index contributed by atoms with van der Waals surface area (Å²) in [4.78, 5) is 11.7. The normalized spacial score (nSPS) is 11.1. The lowest BCUT2D eigenvalue weighted by Gasteiger charge is -2.23. The predicted molar refractivity (Wildman–Crippen MR) is 56.7 cm³/mol. The van der Waals surface area contributed by atoms with E-state index in [9.17, 15) is 9.90 Å². The summed E-state index contributed by atoms with van der Waals surface area (Å²) in [6.07, 6.45) is 0. The summed E-state index contributed by atoms with van der Waals surface area (Å²) in [5.74, 6) is -0.462. The van der Waals surface area contributed by atoms with Crippen LogP contribution in [0.4, 0.5) is 0 Å². The van der Waals surface area contributed by atoms with Crippen molar-refractivity contribution in [2.45, 2.75) is 19.4 Å². The summed E-state index contributed by atoms with van der Waals surface area (Å²) in [6.45, 7) is 3.24. The molecule has 0 aliphatic heterocycles. The van der Waals surface area contributed by atoms with Gasteiger partial charge in [0, 0.05) is 0 Å². The van der Waals surface area contributed by atoms with Gasteiger partial charge in [0.05, 0.1) is 17.7 Å². The number of carbonyl (C=O) groups excluding carboxylic acids is 1. The number of rotatable bonds is 3. The number of aliphatic hydroxyl groups excluding tert-OH is 1. The number of phenolic OH excluding ortho intramolecular Hbond substituents is 1. The molecule has 4 nitrogen and oxygen atoms in total. The summed E-state index contributed by atoms with van der Waals surface area (Å²) in [5, 5.41) is 21.0. The number of carbonyl (C=O) groups is 1. The van der Waals surface area contributed by atoms with Crippen LogP contribution in [0.5, 0.6) is 5.75 Å². The highest BCUT2D eigenvalue weighted by atomic mass is 16.3. The van der Waals surface area contributed by atoms with Crippen molar-refractivity contribution in [3.8, 4) is 5.75 Å². The largest absolute Gasteiger partial charge is 0.507 e. The van der Waals surface area contributed by atoms with E-state index in [0.29, 0.717) is 0 Å². The number of hydrogen-bond acceptors (Lipinski definition) is 3. The van der Waals surface area contributed by atoms with Crippen LogP contribution in [0.25, 0.3) is 0 Å². The van der Waals surface area contributed by atoms with Gasteiger partial charge in [-0.05, 0) is 26.0 Å². The smallest absolute Gasteiger partial charge is 0.255 e. The zero-order valence-electron chi connectivity index (χ0n) is 8.82. The summed E-state index contributed by atoms with van der Waals surface area (Å²) in [5.41, 5.74) is -0.488. The summed E-state index contributed by atoms with van der Waals surface area (Å²) in [6, 6.07) is 6.28. The van der Waals surface area contributed by atoms with Crippen molar-refractivity contribution in [2.24, 2.45) is 0 Å². The fourth-order valence-corrected chi connectivity index (χ4v) is 1.08. The Morgan fingerprint density at radius 3 is 2.53 bits per heavy atom. The molecule has 82 valence electrons. The Morgan fingerprint density at radius 1 is 1.40 bits per heavy atom. The third kappa shape index (κ3) is 2.95. The molecule has 0 atom stereocenters. The van der Waals surface area contributed by atoms with Gasteiger partial charge in [-0.3, -0.25) is 4.79 Å². The highest BCUT2D eigenvalue weighted by Gasteiger charge is 2.21. The highest BCUT2D eigenvalue weighted by Crippen LogP contribution is 2.16. The number of amides is 1. The molecule has 1 aromatic carbocycles. The molecule has 0 spiro atoms. The molecule has 15 heavy (non-hydrogen) atoms. The van der Waals surface area contributed by atoms with Crippen molar-refractivity contribution < 1.29 is 15.0 Å². The quantitative estimate of drug-likeness (QED) is 0.692. The van der Waals surface area contributed by atoms with Gasteiger partial charge in [0.25, 0.3) is 5.91 Å². The van der Waals surface area contributed by atoms with Crippen LogP contribution >= 0.6 is 0 Å². The van der Waals surface area contributed by atoms with Crippen LogP contribution in [0.15, 0.2) is 24.3 Å². The Hall–Kier alpha value is -1.55. The fourth-order valence-electron chi connectivity index (χ4n) is 1.08. The molecule has 1 aromatic rings. The third-order valence-electron chi connectivity index (χ3n) is 2.00. The topological polar surface area (TPSA) is 69.6 Å². The van der Waals surface area contributed by atoms with Crippen molar-refractivity contribution in [2.75, 3.05) is 6.61 Å². The molecule has 0 saturated heterocycles. The molecular weight excluding hydrogens is 194 g/mol. The average molecular weight is 209 g/mol. The maximum Gasteiger partial charge on any atom is 0.255 e. The standard InChI is InChI=1S/C11H15NO3/c1-11(2,7-13)12-10(15)8-5-3-4-6-9(8)14/h3-6,13-14H,7H2,1-2H3,(H,12,15). The molecule has 3 N–H and O–H groups in total. The minimum absolute atomic E-state index is 0.0660. The van der Waals surface area contributed by atoms with E-state index in [1.807, 2.05) is 0 Å². The monoisotopic (exact) mass is 209 g/mol. The van der Waals surface area contributed by atoms with Crippen LogP contribution in [0.3, 0.4) is 0 Å². The number of hydrogen-bond donors (Lipinski definition) is 3. The molecule has 0 aliphatic rings. The van der Waals surface area contributed by atoms with Gasteiger partial charge in [0.1, 0.15) is 5.75 Å². The van der Waals surface area contributed by atoms with Gasteiger partial charge in [-0.25, -0.2) is 0 Å². The highest BCUT2D eigenvalue weighted by molar-refractivity contribution is 5.97. The Balaban J connectivity index is 2.83. The first-order chi connectivity index (χ1) is 6.96. The van der Waals surface area contributed by atoms with Gasteiger partial charge in [0.2, 0.25) is 0 Å². The maximum atomic E-state index is 11.7. The molecule has 0 heterocycles. The van der Waals surface area contributed by atoms with E-state index in [2.05, 4.69) is 5.32 Å². The first-order valence-corrected chi connectivity index (χ1v) is 4.67. The lowest BCUT2D eigenvalue weighted by Crippen LogP contribution is -2.46. The lowest BCUT2D eigenvalue weighted by molar-refractivity contribution is 0.0866. The van der Waals surface area contributed by atoms with Gasteiger partial charge >= 0.3 is 0 Å². The minimum atomic E-state index is -0.695. The molecule has 0 saturated carbocycles. The molecular formula is C11H15NO3. The lowest BCUT2D eigenvalue weighted by atomic mass is 10.1. The fraction of sp³-hybridized carbons (Fsp3) is 0.364. The van der Waals surface area contributed by atoms with Crippen molar-refractivity contribution in [3.05, 3.63) is 29.8 Å². The van der Waals surface area contributed by atoms with E-state index in [0.717, 1.165) is 0 Å². The molecule has 0 unspecified atom stereocenters. The van der Waals surface area contributed by atoms with E-state index in [1.54, 1.807) is 26.0 Å². The van der Waals surface area contributed by atoms with E-state index in [4.69, 9.17) is 5.11 Å². The Morgan fingerprint density at radius 2 is 2.00 bits per heavy atom. The molecule has 4 heteroatoms. The van der Waals surface area contributed by atoms with Crippen molar-refractivity contribution >= 4 is 5.91 Å². The van der Waals surface area contributed by atoms with Crippen molar-refractivity contribution in [3.63, 3.8) is 0 Å². The van der Waals surface area contributed by atoms with Crippen LogP contribution in [-0.2, 0) is 0 Å². The summed E-state index contributed by atoms with van der Waals surface area (Å²) < 4.78 is 0. The van der Waals surface area contributed by atoms with Crippen LogP contribution in [0.1, 0.15) is 24.2 Å². The Bertz CT molecular complexity index is 361. The van der Waals surface area contributed by atoms with Crippen LogP contribution in [-0.4, -0.2) is 28.3 Å². The van der Waals surface area contributed by atoms with Crippen LogP contribution < -0.4 is 5.32 Å². The van der Waals surface area contributed by atoms with E-state index < -0.39 is 11.4 Å². The number of benzene rings is 1. The Labute approximate surface area is 88.6 Å². The summed E-state index contributed by atoms with van der Waals surface area (Å²) in [7, 11) is 0. The van der Waals surface area contributed by atoms with E-state index in [1.165, 1.54) is 12.1 Å². The number of nitrogens with one attached hydrogen (secondary N) is 1. The maximum absolute atomic E-state index is 11.7. The third-order valence-corrected chi connectivity index (χ3v) is 2.00. The number of aliphatic hydroxyl groups is 1. The second-order valence-electron chi connectivity index (χ2n) is 4.01. The van der Waals surface area contributed by atoms with Gasteiger partial charge in [-0.2, -0.15) is 0 Å².